The van der Waals surface area contributed by atoms with Gasteiger partial charge in [0.25, 0.3) is 0 Å². The van der Waals surface area contributed by atoms with Gasteiger partial charge in [0.1, 0.15) is 24.5 Å². The molecule has 0 bridgehead atoms. The molecule has 0 aliphatic heterocycles. The predicted octanol–water partition coefficient (Wildman–Crippen LogP) is 11.1. The number of hydrogen-bond donors (Lipinski definition) is 1. The molecule has 1 amide bonds. The Balaban J connectivity index is 1.15. The zero-order chi connectivity index (χ0) is 41.8. The quantitative estimate of drug-likeness (QED) is 0.0761. The largest absolute Gasteiger partial charge is 0.488 e. The van der Waals surface area contributed by atoms with Gasteiger partial charge in [-0.05, 0) is 101 Å². The number of amides is 1. The second-order valence-corrected chi connectivity index (χ2v) is 15.6. The van der Waals surface area contributed by atoms with Crippen LogP contribution in [0.4, 0.5) is 5.69 Å². The molecule has 0 saturated carbocycles. The molecule has 7 aromatic carbocycles. The number of aromatic carboxylic acids is 1. The van der Waals surface area contributed by atoms with Crippen LogP contribution >= 0.6 is 11.9 Å². The molecule has 0 spiro atoms. The zero-order valence-electron chi connectivity index (χ0n) is 33.4. The molecule has 7 rings (SSSR count). The van der Waals surface area contributed by atoms with Gasteiger partial charge in [0.05, 0.1) is 18.7 Å². The highest BCUT2D eigenvalue weighted by Crippen LogP contribution is 2.31. The van der Waals surface area contributed by atoms with E-state index in [0.717, 1.165) is 49.4 Å². The van der Waals surface area contributed by atoms with Crippen molar-refractivity contribution in [3.05, 3.63) is 209 Å². The molecule has 0 atom stereocenters. The van der Waals surface area contributed by atoms with Crippen molar-refractivity contribution in [2.75, 3.05) is 18.5 Å². The van der Waals surface area contributed by atoms with E-state index >= 15 is 0 Å². The molecule has 0 unspecified atom stereocenters. The van der Waals surface area contributed by atoms with E-state index in [4.69, 9.17) is 9.47 Å². The molecule has 9 heteroatoms. The summed E-state index contributed by atoms with van der Waals surface area (Å²) in [4.78, 5) is 42.0. The summed E-state index contributed by atoms with van der Waals surface area (Å²) < 4.78 is 14.0. The van der Waals surface area contributed by atoms with Crippen LogP contribution in [-0.2, 0) is 29.3 Å². The monoisotopic (exact) mass is 812 g/mol. The van der Waals surface area contributed by atoms with Gasteiger partial charge < -0.3 is 19.5 Å². The fourth-order valence-corrected chi connectivity index (χ4v) is 7.35. The van der Waals surface area contributed by atoms with Gasteiger partial charge in [-0.15, -0.1) is 0 Å². The van der Waals surface area contributed by atoms with Gasteiger partial charge in [0.15, 0.2) is 0 Å². The smallest absolute Gasteiger partial charge is 0.342 e. The number of nitrogens with zero attached hydrogens (tertiary/aromatic N) is 2. The highest BCUT2D eigenvalue weighted by molar-refractivity contribution is 7.97. The van der Waals surface area contributed by atoms with Gasteiger partial charge in [-0.2, -0.15) is 0 Å². The number of esters is 1. The Bertz CT molecular complexity index is 2530. The lowest BCUT2D eigenvalue weighted by atomic mass is 9.99. The van der Waals surface area contributed by atoms with Crippen LogP contribution < -0.4 is 9.64 Å². The molecule has 0 radical (unpaired) electrons. The van der Waals surface area contributed by atoms with E-state index in [1.54, 1.807) is 35.2 Å². The summed E-state index contributed by atoms with van der Waals surface area (Å²) in [5.41, 5.74) is 8.89. The van der Waals surface area contributed by atoms with Crippen LogP contribution in [0.15, 0.2) is 181 Å². The number of carbonyl (C=O) groups is 3. The number of aryl methyl sites for hydroxylation is 1. The van der Waals surface area contributed by atoms with Crippen molar-refractivity contribution in [2.45, 2.75) is 31.6 Å². The van der Waals surface area contributed by atoms with Crippen LogP contribution in [0.5, 0.6) is 5.75 Å². The number of carboxylic acids is 1. The zero-order valence-corrected chi connectivity index (χ0v) is 34.2. The maximum atomic E-state index is 14.4. The van der Waals surface area contributed by atoms with Crippen molar-refractivity contribution >= 4 is 35.5 Å². The van der Waals surface area contributed by atoms with Gasteiger partial charge in [-0.25, -0.2) is 13.9 Å². The minimum absolute atomic E-state index is 0.109. The number of anilines is 1. The third-order valence-corrected chi connectivity index (χ3v) is 10.8. The molecule has 7 aromatic rings. The van der Waals surface area contributed by atoms with Crippen molar-refractivity contribution in [3.8, 4) is 28.0 Å². The van der Waals surface area contributed by atoms with E-state index in [-0.39, 0.29) is 43.3 Å². The number of carboxylic acid groups (broad SMARTS) is 1. The maximum absolute atomic E-state index is 14.4. The number of benzene rings is 7. The summed E-state index contributed by atoms with van der Waals surface area (Å²) in [5, 5.41) is 9.25. The summed E-state index contributed by atoms with van der Waals surface area (Å²) in [7, 11) is 1.89. The number of likely N-dealkylation sites (N-methyl/N-ethyl adjacent to an activating group) is 1. The molecular formula is C51H44N2O6S. The summed E-state index contributed by atoms with van der Waals surface area (Å²) in [5.74, 6) is -1.31. The van der Waals surface area contributed by atoms with Crippen LogP contribution in [0.25, 0.3) is 22.3 Å². The molecule has 8 nitrogen and oxygen atoms in total. The Kier molecular flexibility index (Phi) is 13.5. The molecule has 0 aromatic heterocycles. The molecule has 300 valence electrons. The van der Waals surface area contributed by atoms with Gasteiger partial charge in [-0.3, -0.25) is 4.79 Å². The van der Waals surface area contributed by atoms with Crippen LogP contribution in [0, 0.1) is 6.92 Å². The Morgan fingerprint density at radius 2 is 1.13 bits per heavy atom. The Labute approximate surface area is 354 Å². The Morgan fingerprint density at radius 1 is 0.600 bits per heavy atom. The standard InChI is InChI=1S/C51H44N2O6S/c1-36-13-28-46(29-14-36)60-52(2)33-49(54)53(32-37-15-17-40(18-16-37)41-19-21-42(22-20-41)43-23-25-44(26-24-43)50(55)56)45-27-30-47(51(57)59-35-39-11-7-4-8-12-39)48(31-45)58-34-38-9-5-3-6-10-38/h3-31H,32-35H2,1-2H3,(H,55,56). The third-order valence-electron chi connectivity index (χ3n) is 9.87. The Morgan fingerprint density at radius 3 is 1.70 bits per heavy atom. The molecule has 0 aliphatic carbocycles. The second-order valence-electron chi connectivity index (χ2n) is 14.3. The topological polar surface area (TPSA) is 96.4 Å². The van der Waals surface area contributed by atoms with Crippen molar-refractivity contribution in [1.29, 1.82) is 0 Å². The van der Waals surface area contributed by atoms with Gasteiger partial charge in [0, 0.05) is 16.6 Å². The summed E-state index contributed by atoms with van der Waals surface area (Å²) in [6.45, 7) is 2.75. The van der Waals surface area contributed by atoms with Crippen LogP contribution in [0.3, 0.4) is 0 Å². The van der Waals surface area contributed by atoms with Crippen molar-refractivity contribution in [1.82, 2.24) is 4.31 Å². The summed E-state index contributed by atoms with van der Waals surface area (Å²) in [6, 6.07) is 55.6. The van der Waals surface area contributed by atoms with Crippen LogP contribution in [-0.4, -0.2) is 40.8 Å². The first-order valence-corrected chi connectivity index (χ1v) is 20.3. The number of ether oxygens (including phenoxy) is 2. The van der Waals surface area contributed by atoms with Crippen LogP contribution in [0.1, 0.15) is 43.0 Å². The number of rotatable bonds is 16. The SMILES string of the molecule is Cc1ccc(SN(C)CC(=O)N(Cc2ccc(-c3ccc(-c4ccc(C(=O)O)cc4)cc3)cc2)c2ccc(C(=O)OCc3ccccc3)c(OCc3ccccc3)c2)cc1. The highest BCUT2D eigenvalue weighted by atomic mass is 32.2. The number of carbonyl (C=O) groups excluding carboxylic acids is 2. The van der Waals surface area contributed by atoms with E-state index in [0.29, 0.717) is 11.4 Å². The van der Waals surface area contributed by atoms with Crippen molar-refractivity contribution in [2.24, 2.45) is 0 Å². The summed E-state index contributed by atoms with van der Waals surface area (Å²) in [6.07, 6.45) is 0. The van der Waals surface area contributed by atoms with E-state index in [9.17, 15) is 19.5 Å². The normalized spacial score (nSPS) is 10.9. The van der Waals surface area contributed by atoms with Gasteiger partial charge >= 0.3 is 11.9 Å². The van der Waals surface area contributed by atoms with E-state index in [1.165, 1.54) is 11.9 Å². The predicted molar refractivity (Wildman–Crippen MR) is 238 cm³/mol. The molecular weight excluding hydrogens is 769 g/mol. The third kappa shape index (κ3) is 11.0. The van der Waals surface area contributed by atoms with Gasteiger partial charge in [-0.1, -0.05) is 139 Å². The van der Waals surface area contributed by atoms with E-state index in [1.807, 2.05) is 164 Å². The average molecular weight is 813 g/mol. The maximum Gasteiger partial charge on any atom is 0.342 e. The number of hydrogen-bond acceptors (Lipinski definition) is 7. The lowest BCUT2D eigenvalue weighted by Crippen LogP contribution is -2.37. The Hall–Kier alpha value is -6.94. The highest BCUT2D eigenvalue weighted by Gasteiger charge is 2.23. The van der Waals surface area contributed by atoms with E-state index in [2.05, 4.69) is 0 Å². The van der Waals surface area contributed by atoms with Crippen LogP contribution in [0.2, 0.25) is 0 Å². The van der Waals surface area contributed by atoms with Gasteiger partial charge in [0.2, 0.25) is 5.91 Å². The summed E-state index contributed by atoms with van der Waals surface area (Å²) >= 11 is 1.50. The first-order chi connectivity index (χ1) is 29.2. The molecule has 0 saturated heterocycles. The van der Waals surface area contributed by atoms with E-state index < -0.39 is 11.9 Å². The lowest BCUT2D eigenvalue weighted by Gasteiger charge is -2.26. The fraction of sp³-hybridized carbons (Fsp3) is 0.118. The molecule has 1 N–H and O–H groups in total. The first-order valence-electron chi connectivity index (χ1n) is 19.5. The van der Waals surface area contributed by atoms with Crippen molar-refractivity contribution < 1.29 is 29.0 Å². The molecule has 0 aliphatic rings. The minimum atomic E-state index is -0.954. The average Bonchev–Trinajstić information content (AvgIpc) is 3.28. The van der Waals surface area contributed by atoms with Crippen molar-refractivity contribution in [3.63, 3.8) is 0 Å². The first kappa shape index (κ1) is 41.2. The lowest BCUT2D eigenvalue weighted by molar-refractivity contribution is -0.118. The second kappa shape index (κ2) is 19.7. The minimum Gasteiger partial charge on any atom is -0.488 e. The molecule has 0 fully saturated rings. The molecule has 0 heterocycles. The molecule has 60 heavy (non-hydrogen) atoms. The fourth-order valence-electron chi connectivity index (χ4n) is 6.56.